The van der Waals surface area contributed by atoms with Crippen molar-refractivity contribution < 1.29 is 8.42 Å². The smallest absolute Gasteiger partial charge is 0.223 e. The zero-order valence-electron chi connectivity index (χ0n) is 18.3. The number of sulfone groups is 1. The summed E-state index contributed by atoms with van der Waals surface area (Å²) in [7, 11) is -3.53. The van der Waals surface area contributed by atoms with Crippen LogP contribution in [0.4, 0.5) is 0 Å². The molecule has 164 valence electrons. The lowest BCUT2D eigenvalue weighted by atomic mass is 9.89. The van der Waals surface area contributed by atoms with Crippen molar-refractivity contribution in [3.05, 3.63) is 54.2 Å². The maximum absolute atomic E-state index is 12.6. The van der Waals surface area contributed by atoms with Crippen molar-refractivity contribution in [3.8, 4) is 0 Å². The molecule has 0 amide bonds. The molecule has 2 aliphatic heterocycles. The minimum absolute atomic E-state index is 0.128. The summed E-state index contributed by atoms with van der Waals surface area (Å²) in [6, 6.07) is 12.8. The lowest BCUT2D eigenvalue weighted by Crippen LogP contribution is -2.46. The Morgan fingerprint density at radius 3 is 2.23 bits per heavy atom. The van der Waals surface area contributed by atoms with Crippen LogP contribution in [0.1, 0.15) is 45.1 Å². The molecule has 2 aromatic rings. The Balaban J connectivity index is 0.00000124. The fraction of sp³-hybridized carbons (Fsp3) is 0.542. The Kier molecular flexibility index (Phi) is 8.42. The molecule has 1 aromatic heterocycles. The second-order valence-corrected chi connectivity index (χ2v) is 9.88. The first-order chi connectivity index (χ1) is 14.6. The fourth-order valence-electron chi connectivity index (χ4n) is 4.44. The van der Waals surface area contributed by atoms with Crippen LogP contribution in [-0.2, 0) is 16.3 Å². The Bertz CT molecular complexity index is 855. The maximum atomic E-state index is 12.6. The van der Waals surface area contributed by atoms with Gasteiger partial charge in [0.2, 0.25) is 9.84 Å². The van der Waals surface area contributed by atoms with Crippen molar-refractivity contribution in [1.82, 2.24) is 15.2 Å². The van der Waals surface area contributed by atoms with Crippen molar-refractivity contribution in [2.24, 2.45) is 5.92 Å². The van der Waals surface area contributed by atoms with Gasteiger partial charge in [-0.25, -0.2) is 13.4 Å². The summed E-state index contributed by atoms with van der Waals surface area (Å²) >= 11 is 0. The van der Waals surface area contributed by atoms with Crippen LogP contribution in [0.3, 0.4) is 0 Å². The molecule has 1 N–H and O–H groups in total. The second kappa shape index (κ2) is 11.0. The van der Waals surface area contributed by atoms with E-state index >= 15 is 0 Å². The molecule has 0 radical (unpaired) electrons. The Morgan fingerprint density at radius 2 is 1.63 bits per heavy atom. The highest BCUT2D eigenvalue weighted by atomic mass is 32.2. The molecule has 1 aromatic carbocycles. The quantitative estimate of drug-likeness (QED) is 0.780. The lowest BCUT2D eigenvalue weighted by molar-refractivity contribution is 0.111. The zero-order valence-corrected chi connectivity index (χ0v) is 19.1. The molecule has 3 heterocycles. The summed E-state index contributed by atoms with van der Waals surface area (Å²) in [4.78, 5) is 7.24. The summed E-state index contributed by atoms with van der Waals surface area (Å²) in [5.74, 6) is 0.663. The highest BCUT2D eigenvalue weighted by Gasteiger charge is 2.26. The lowest BCUT2D eigenvalue weighted by Gasteiger charge is -2.39. The van der Waals surface area contributed by atoms with Gasteiger partial charge in [0.25, 0.3) is 0 Å². The number of benzene rings is 1. The van der Waals surface area contributed by atoms with E-state index in [4.69, 9.17) is 0 Å². The molecule has 6 heteroatoms. The second-order valence-electron chi connectivity index (χ2n) is 7.99. The van der Waals surface area contributed by atoms with E-state index in [2.05, 4.69) is 15.2 Å². The molecule has 0 saturated carbocycles. The van der Waals surface area contributed by atoms with E-state index in [1.54, 1.807) is 36.5 Å². The third-order valence-corrected chi connectivity index (χ3v) is 7.81. The van der Waals surface area contributed by atoms with Crippen LogP contribution in [-0.4, -0.2) is 50.5 Å². The first-order valence-electron chi connectivity index (χ1n) is 11.3. The average molecular weight is 430 g/mol. The van der Waals surface area contributed by atoms with Crippen LogP contribution < -0.4 is 5.32 Å². The van der Waals surface area contributed by atoms with Gasteiger partial charge in [0.1, 0.15) is 0 Å². The van der Waals surface area contributed by atoms with E-state index in [-0.39, 0.29) is 5.03 Å². The van der Waals surface area contributed by atoms with Crippen LogP contribution in [0.25, 0.3) is 0 Å². The molecule has 0 aliphatic carbocycles. The number of likely N-dealkylation sites (tertiary alicyclic amines) is 1. The molecular weight excluding hydrogens is 394 g/mol. The maximum Gasteiger partial charge on any atom is 0.223 e. The number of nitrogens with zero attached hydrogens (tertiary/aromatic N) is 2. The van der Waals surface area contributed by atoms with Gasteiger partial charge in [-0.05, 0) is 88.0 Å². The van der Waals surface area contributed by atoms with Gasteiger partial charge in [-0.3, -0.25) is 0 Å². The standard InChI is InChI=1S/C22H29N3O2S.C2H6/c26-28(27,21-4-2-1-3-5-21)22-7-6-19(17-24-22)16-18-10-14-25(15-11-18)20-8-12-23-13-9-20;1-2/h1-7,17-18,20,23H,8-16H2;1-2H3. The zero-order chi connectivity index (χ0) is 21.4. The van der Waals surface area contributed by atoms with Crippen LogP contribution >= 0.6 is 0 Å². The molecule has 4 rings (SSSR count). The SMILES string of the molecule is CC.O=S(=O)(c1ccccc1)c1ccc(CC2CCN(C3CCNCC3)CC2)cn1. The van der Waals surface area contributed by atoms with E-state index in [1.165, 1.54) is 38.8 Å². The molecule has 0 spiro atoms. The first-order valence-corrected chi connectivity index (χ1v) is 12.8. The van der Waals surface area contributed by atoms with Crippen molar-refractivity contribution in [1.29, 1.82) is 0 Å². The van der Waals surface area contributed by atoms with Gasteiger partial charge >= 0.3 is 0 Å². The van der Waals surface area contributed by atoms with Crippen LogP contribution in [0.2, 0.25) is 0 Å². The highest BCUT2D eigenvalue weighted by molar-refractivity contribution is 7.91. The summed E-state index contributed by atoms with van der Waals surface area (Å²) < 4.78 is 25.3. The van der Waals surface area contributed by atoms with Gasteiger partial charge in [0.05, 0.1) is 4.90 Å². The van der Waals surface area contributed by atoms with Gasteiger partial charge in [-0.2, -0.15) is 0 Å². The van der Waals surface area contributed by atoms with Crippen molar-refractivity contribution >= 4 is 9.84 Å². The highest BCUT2D eigenvalue weighted by Crippen LogP contribution is 2.26. The third-order valence-electron chi connectivity index (χ3n) is 6.13. The van der Waals surface area contributed by atoms with Crippen LogP contribution in [0.5, 0.6) is 0 Å². The Morgan fingerprint density at radius 1 is 0.967 bits per heavy atom. The average Bonchev–Trinajstić information content (AvgIpc) is 2.82. The summed E-state index contributed by atoms with van der Waals surface area (Å²) in [6.07, 6.45) is 7.70. The van der Waals surface area contributed by atoms with Gasteiger partial charge < -0.3 is 10.2 Å². The molecule has 2 aliphatic rings. The number of aromatic nitrogens is 1. The van der Waals surface area contributed by atoms with Crippen molar-refractivity contribution in [2.75, 3.05) is 26.2 Å². The number of pyridine rings is 1. The molecule has 0 atom stereocenters. The molecule has 0 bridgehead atoms. The minimum atomic E-state index is -3.53. The third kappa shape index (κ3) is 5.68. The summed E-state index contributed by atoms with van der Waals surface area (Å²) in [6.45, 7) is 8.66. The minimum Gasteiger partial charge on any atom is -0.317 e. The normalized spacial score (nSPS) is 19.1. The van der Waals surface area contributed by atoms with E-state index in [0.29, 0.717) is 10.8 Å². The molecule has 2 saturated heterocycles. The number of hydrogen-bond acceptors (Lipinski definition) is 5. The predicted molar refractivity (Wildman–Crippen MR) is 121 cm³/mol. The molecule has 5 nitrogen and oxygen atoms in total. The molecule has 0 unspecified atom stereocenters. The number of nitrogens with one attached hydrogen (secondary N) is 1. The van der Waals surface area contributed by atoms with Crippen LogP contribution in [0.15, 0.2) is 58.6 Å². The summed E-state index contributed by atoms with van der Waals surface area (Å²) in [5.41, 5.74) is 1.13. The summed E-state index contributed by atoms with van der Waals surface area (Å²) in [5, 5.41) is 3.57. The molecule has 30 heavy (non-hydrogen) atoms. The van der Waals surface area contributed by atoms with Crippen LogP contribution in [0, 0.1) is 5.92 Å². The van der Waals surface area contributed by atoms with Gasteiger partial charge in [-0.15, -0.1) is 0 Å². The van der Waals surface area contributed by atoms with E-state index in [1.807, 2.05) is 26.0 Å². The van der Waals surface area contributed by atoms with E-state index in [0.717, 1.165) is 31.1 Å². The van der Waals surface area contributed by atoms with Gasteiger partial charge in [0.15, 0.2) is 5.03 Å². The topological polar surface area (TPSA) is 62.3 Å². The van der Waals surface area contributed by atoms with E-state index in [9.17, 15) is 8.42 Å². The monoisotopic (exact) mass is 429 g/mol. The van der Waals surface area contributed by atoms with Gasteiger partial charge in [0, 0.05) is 12.2 Å². The van der Waals surface area contributed by atoms with Crippen molar-refractivity contribution in [2.45, 2.75) is 61.9 Å². The predicted octanol–water partition coefficient (Wildman–Crippen LogP) is 3.95. The molecular formula is C24H35N3O2S. The largest absolute Gasteiger partial charge is 0.317 e. The number of hydrogen-bond donors (Lipinski definition) is 1. The number of rotatable bonds is 5. The van der Waals surface area contributed by atoms with E-state index < -0.39 is 9.84 Å². The van der Waals surface area contributed by atoms with Crippen molar-refractivity contribution in [3.63, 3.8) is 0 Å². The number of piperidine rings is 2. The molecule has 2 fully saturated rings. The Labute approximate surface area is 181 Å². The fourth-order valence-corrected chi connectivity index (χ4v) is 5.63. The van der Waals surface area contributed by atoms with Gasteiger partial charge in [-0.1, -0.05) is 38.1 Å². The first kappa shape index (κ1) is 22.9. The Hall–Kier alpha value is -1.76.